The minimum atomic E-state index is -0.976. The van der Waals surface area contributed by atoms with E-state index in [-0.39, 0.29) is 18.7 Å². The van der Waals surface area contributed by atoms with Gasteiger partial charge in [-0.3, -0.25) is 9.59 Å². The van der Waals surface area contributed by atoms with Crippen LogP contribution in [-0.4, -0.2) is 42.8 Å². The van der Waals surface area contributed by atoms with Gasteiger partial charge in [0.1, 0.15) is 11.6 Å². The molecule has 0 saturated carbocycles. The normalized spacial score (nSPS) is 16.6. The second-order valence-corrected chi connectivity index (χ2v) is 5.64. The summed E-state index contributed by atoms with van der Waals surface area (Å²) in [6.07, 6.45) is 0.627. The molecule has 1 fully saturated rings. The number of carbonyl (C=O) groups excluding carboxylic acids is 1. The lowest BCUT2D eigenvalue weighted by molar-refractivity contribution is -0.140. The van der Waals surface area contributed by atoms with Crippen molar-refractivity contribution in [1.82, 2.24) is 5.32 Å². The number of amides is 1. The van der Waals surface area contributed by atoms with Gasteiger partial charge >= 0.3 is 5.97 Å². The van der Waals surface area contributed by atoms with Gasteiger partial charge in [0.05, 0.1) is 25.5 Å². The first-order valence-electron chi connectivity index (χ1n) is 7.37. The zero-order valence-corrected chi connectivity index (χ0v) is 12.9. The number of benzene rings is 1. The maximum Gasteiger partial charge on any atom is 0.305 e. The standard InChI is InChI=1S/C16H20FNO5/c1-22-13-3-2-12(17)8-11(13)9-14(19)18-16(10-15(20)21)4-6-23-7-5-16/h2-3,8H,4-7,9-10H2,1H3,(H,18,19)(H,20,21). The zero-order chi connectivity index (χ0) is 16.9. The summed E-state index contributed by atoms with van der Waals surface area (Å²) < 4.78 is 23.7. The topological polar surface area (TPSA) is 84.9 Å². The van der Waals surface area contributed by atoms with Crippen molar-refractivity contribution in [1.29, 1.82) is 0 Å². The van der Waals surface area contributed by atoms with Crippen LogP contribution in [0.25, 0.3) is 0 Å². The molecule has 0 atom stereocenters. The number of carbonyl (C=O) groups is 2. The van der Waals surface area contributed by atoms with Crippen molar-refractivity contribution in [2.75, 3.05) is 20.3 Å². The maximum absolute atomic E-state index is 13.4. The number of halogens is 1. The molecule has 2 N–H and O–H groups in total. The average molecular weight is 325 g/mol. The van der Waals surface area contributed by atoms with E-state index in [0.29, 0.717) is 37.4 Å². The molecule has 1 aromatic carbocycles. The third-order valence-electron chi connectivity index (χ3n) is 3.94. The highest BCUT2D eigenvalue weighted by Gasteiger charge is 2.36. The Morgan fingerprint density at radius 2 is 2.09 bits per heavy atom. The summed E-state index contributed by atoms with van der Waals surface area (Å²) in [4.78, 5) is 23.4. The van der Waals surface area contributed by atoms with Crippen LogP contribution < -0.4 is 10.1 Å². The molecule has 2 rings (SSSR count). The summed E-state index contributed by atoms with van der Waals surface area (Å²) in [5.74, 6) is -1.38. The SMILES string of the molecule is COc1ccc(F)cc1CC(=O)NC1(CC(=O)O)CCOCC1. The van der Waals surface area contributed by atoms with Crippen LogP contribution in [0.15, 0.2) is 18.2 Å². The van der Waals surface area contributed by atoms with Gasteiger partial charge in [-0.05, 0) is 31.0 Å². The van der Waals surface area contributed by atoms with Crippen molar-refractivity contribution in [2.24, 2.45) is 0 Å². The molecule has 126 valence electrons. The number of methoxy groups -OCH3 is 1. The fourth-order valence-corrected chi connectivity index (χ4v) is 2.80. The van der Waals surface area contributed by atoms with Gasteiger partial charge in [-0.2, -0.15) is 0 Å². The maximum atomic E-state index is 13.4. The third-order valence-corrected chi connectivity index (χ3v) is 3.94. The first kappa shape index (κ1) is 17.2. The van der Waals surface area contributed by atoms with Crippen LogP contribution in [0.1, 0.15) is 24.8 Å². The van der Waals surface area contributed by atoms with E-state index in [1.807, 2.05) is 0 Å². The first-order valence-corrected chi connectivity index (χ1v) is 7.37. The van der Waals surface area contributed by atoms with Gasteiger partial charge in [-0.15, -0.1) is 0 Å². The van der Waals surface area contributed by atoms with E-state index in [4.69, 9.17) is 14.6 Å². The Morgan fingerprint density at radius 1 is 1.39 bits per heavy atom. The van der Waals surface area contributed by atoms with Crippen molar-refractivity contribution in [3.8, 4) is 5.75 Å². The monoisotopic (exact) mass is 325 g/mol. The predicted molar refractivity (Wildman–Crippen MR) is 79.8 cm³/mol. The van der Waals surface area contributed by atoms with Crippen LogP contribution in [0.3, 0.4) is 0 Å². The summed E-state index contributed by atoms with van der Waals surface area (Å²) in [6, 6.07) is 3.95. The molecule has 1 aliphatic heterocycles. The fourth-order valence-electron chi connectivity index (χ4n) is 2.80. The molecule has 0 aromatic heterocycles. The molecule has 0 bridgehead atoms. The van der Waals surface area contributed by atoms with E-state index in [0.717, 1.165) is 0 Å². The van der Waals surface area contributed by atoms with E-state index in [1.54, 1.807) is 0 Å². The van der Waals surface area contributed by atoms with Crippen LogP contribution in [0.5, 0.6) is 5.75 Å². The minimum absolute atomic E-state index is 0.0802. The van der Waals surface area contributed by atoms with Crippen LogP contribution >= 0.6 is 0 Å². The molecule has 23 heavy (non-hydrogen) atoms. The van der Waals surface area contributed by atoms with E-state index >= 15 is 0 Å². The Hall–Kier alpha value is -2.15. The zero-order valence-electron chi connectivity index (χ0n) is 12.9. The quantitative estimate of drug-likeness (QED) is 0.828. The molecule has 0 radical (unpaired) electrons. The number of aliphatic carboxylic acids is 1. The van der Waals surface area contributed by atoms with Crippen LogP contribution in [0.2, 0.25) is 0 Å². The third kappa shape index (κ3) is 4.66. The number of ether oxygens (including phenoxy) is 2. The van der Waals surface area contributed by atoms with Crippen molar-refractivity contribution < 1.29 is 28.6 Å². The molecule has 7 heteroatoms. The molecule has 1 amide bonds. The minimum Gasteiger partial charge on any atom is -0.496 e. The summed E-state index contributed by atoms with van der Waals surface area (Å²) in [5.41, 5.74) is -0.399. The summed E-state index contributed by atoms with van der Waals surface area (Å²) >= 11 is 0. The van der Waals surface area contributed by atoms with Crippen molar-refractivity contribution in [3.63, 3.8) is 0 Å². The molecular weight excluding hydrogens is 305 g/mol. The highest BCUT2D eigenvalue weighted by molar-refractivity contribution is 5.81. The van der Waals surface area contributed by atoms with E-state index in [1.165, 1.54) is 25.3 Å². The number of nitrogens with one attached hydrogen (secondary N) is 1. The summed E-state index contributed by atoms with van der Waals surface area (Å²) in [5, 5.41) is 11.9. The summed E-state index contributed by atoms with van der Waals surface area (Å²) in [6.45, 7) is 0.799. The van der Waals surface area contributed by atoms with Gasteiger partial charge in [0.25, 0.3) is 0 Å². The molecule has 0 aliphatic carbocycles. The predicted octanol–water partition coefficient (Wildman–Crippen LogP) is 1.52. The van der Waals surface area contributed by atoms with E-state index in [9.17, 15) is 14.0 Å². The highest BCUT2D eigenvalue weighted by Crippen LogP contribution is 2.26. The Morgan fingerprint density at radius 3 is 2.70 bits per heavy atom. The molecule has 0 unspecified atom stereocenters. The largest absolute Gasteiger partial charge is 0.496 e. The van der Waals surface area contributed by atoms with E-state index < -0.39 is 17.3 Å². The number of carboxylic acids is 1. The molecular formula is C16H20FNO5. The van der Waals surface area contributed by atoms with E-state index in [2.05, 4.69) is 5.32 Å². The molecule has 1 heterocycles. The number of hydrogen-bond donors (Lipinski definition) is 2. The number of hydrogen-bond acceptors (Lipinski definition) is 4. The Kier molecular flexibility index (Phi) is 5.54. The van der Waals surface area contributed by atoms with Crippen molar-refractivity contribution in [2.45, 2.75) is 31.2 Å². The molecule has 0 spiro atoms. The summed E-state index contributed by atoms with van der Waals surface area (Å²) in [7, 11) is 1.44. The lowest BCUT2D eigenvalue weighted by Crippen LogP contribution is -2.53. The molecule has 6 nitrogen and oxygen atoms in total. The Balaban J connectivity index is 2.10. The van der Waals surface area contributed by atoms with Crippen LogP contribution in [0.4, 0.5) is 4.39 Å². The number of carboxylic acid groups (broad SMARTS) is 1. The lowest BCUT2D eigenvalue weighted by Gasteiger charge is -2.36. The smallest absolute Gasteiger partial charge is 0.305 e. The average Bonchev–Trinajstić information content (AvgIpc) is 2.47. The van der Waals surface area contributed by atoms with Crippen molar-refractivity contribution >= 4 is 11.9 Å². The van der Waals surface area contributed by atoms with Gasteiger partial charge in [-0.1, -0.05) is 0 Å². The lowest BCUT2D eigenvalue weighted by atomic mass is 9.86. The molecule has 1 saturated heterocycles. The fraction of sp³-hybridized carbons (Fsp3) is 0.500. The van der Waals surface area contributed by atoms with Gasteiger partial charge < -0.3 is 19.9 Å². The highest BCUT2D eigenvalue weighted by atomic mass is 19.1. The van der Waals surface area contributed by atoms with Gasteiger partial charge in [0.2, 0.25) is 5.91 Å². The Bertz CT molecular complexity index is 584. The van der Waals surface area contributed by atoms with Gasteiger partial charge in [0.15, 0.2) is 0 Å². The second-order valence-electron chi connectivity index (χ2n) is 5.64. The van der Waals surface area contributed by atoms with Crippen molar-refractivity contribution in [3.05, 3.63) is 29.6 Å². The molecule has 1 aromatic rings. The Labute approximate surface area is 133 Å². The first-order chi connectivity index (χ1) is 10.9. The second kappa shape index (κ2) is 7.41. The van der Waals surface area contributed by atoms with Gasteiger partial charge in [-0.25, -0.2) is 4.39 Å². The molecule has 1 aliphatic rings. The number of rotatable bonds is 6. The van der Waals surface area contributed by atoms with Gasteiger partial charge in [0, 0.05) is 18.8 Å². The van der Waals surface area contributed by atoms with Crippen LogP contribution in [0, 0.1) is 5.82 Å². The van der Waals surface area contributed by atoms with Crippen LogP contribution in [-0.2, 0) is 20.7 Å².